The Balaban J connectivity index is 1.20. The molecule has 0 aliphatic carbocycles. The van der Waals surface area contributed by atoms with Crippen LogP contribution in [-0.2, 0) is 42.4 Å². The number of morpholine rings is 1. The summed E-state index contributed by atoms with van der Waals surface area (Å²) >= 11 is 0. The molecule has 2 saturated heterocycles. The lowest BCUT2D eigenvalue weighted by Gasteiger charge is -2.46. The smallest absolute Gasteiger partial charge is 0.421 e. The maximum atomic E-state index is 16.5. The fourth-order valence-electron chi connectivity index (χ4n) is 10.3. The van der Waals surface area contributed by atoms with Gasteiger partial charge in [0.05, 0.1) is 40.7 Å². The van der Waals surface area contributed by atoms with E-state index in [0.29, 0.717) is 39.1 Å². The number of carbonyl (C=O) groups excluding carboxylic acids is 4. The maximum Gasteiger partial charge on any atom is 0.421 e. The lowest BCUT2D eigenvalue weighted by Crippen LogP contribution is -2.55. The number of esters is 1. The number of aromatic nitrogens is 3. The molecule has 17 heteroatoms. The highest BCUT2D eigenvalue weighted by molar-refractivity contribution is 6.23. The summed E-state index contributed by atoms with van der Waals surface area (Å²) in [5, 5.41) is 32.4. The van der Waals surface area contributed by atoms with E-state index in [4.69, 9.17) is 14.2 Å². The number of fused-ring (bicyclic) bond motifs is 4. The van der Waals surface area contributed by atoms with Crippen molar-refractivity contribution in [1.29, 1.82) is 0 Å². The molecule has 0 unspecified atom stereocenters. The third-order valence-corrected chi connectivity index (χ3v) is 13.3. The predicted molar refractivity (Wildman–Crippen MR) is 262 cm³/mol. The van der Waals surface area contributed by atoms with Gasteiger partial charge in [0.25, 0.3) is 5.69 Å². The van der Waals surface area contributed by atoms with Gasteiger partial charge in [-0.15, -0.1) is 11.7 Å². The van der Waals surface area contributed by atoms with E-state index in [-0.39, 0.29) is 49.8 Å². The number of imide groups is 1. The number of anilines is 1. The van der Waals surface area contributed by atoms with E-state index in [9.17, 15) is 20.0 Å². The molecule has 2 fully saturated rings. The second-order valence-corrected chi connectivity index (χ2v) is 17.3. The van der Waals surface area contributed by atoms with Crippen molar-refractivity contribution in [3.05, 3.63) is 208 Å². The van der Waals surface area contributed by atoms with Crippen LogP contribution in [0.25, 0.3) is 11.0 Å². The number of aliphatic hydroxyl groups is 1. The highest BCUT2D eigenvalue weighted by Gasteiger charge is 2.75. The first-order chi connectivity index (χ1) is 35.1. The summed E-state index contributed by atoms with van der Waals surface area (Å²) in [6, 6.07) is 39.7. The van der Waals surface area contributed by atoms with Gasteiger partial charge in [-0.25, -0.2) is 14.4 Å². The molecule has 3 aliphatic heterocycles. The lowest BCUT2D eigenvalue weighted by molar-refractivity contribution is -0.384. The van der Waals surface area contributed by atoms with Crippen molar-refractivity contribution < 1.29 is 43.4 Å². The van der Waals surface area contributed by atoms with Crippen LogP contribution in [-0.4, -0.2) is 79.6 Å². The molecule has 7 aromatic rings. The Labute approximate surface area is 412 Å². The van der Waals surface area contributed by atoms with Crippen LogP contribution in [0.3, 0.4) is 0 Å². The molecule has 6 atom stereocenters. The number of nitrogens with zero attached hydrogens (tertiary/aromatic N) is 6. The summed E-state index contributed by atoms with van der Waals surface area (Å²) in [6.07, 6.45) is -0.572. The molecule has 0 saturated carbocycles. The largest absolute Gasteiger partial charge is 0.491 e. The quantitative estimate of drug-likeness (QED) is 0.0390. The lowest BCUT2D eigenvalue weighted by atomic mass is 9.65. The van der Waals surface area contributed by atoms with Crippen molar-refractivity contribution in [3.63, 3.8) is 0 Å². The Kier molecular flexibility index (Phi) is 12.8. The van der Waals surface area contributed by atoms with E-state index < -0.39 is 64.4 Å². The molecular weight excluding hydrogens is 919 g/mol. The zero-order chi connectivity index (χ0) is 49.9. The molecule has 1 spiro atoms. The van der Waals surface area contributed by atoms with E-state index in [2.05, 4.69) is 34.0 Å². The summed E-state index contributed by atoms with van der Waals surface area (Å²) in [5.74, 6) is 2.88. The van der Waals surface area contributed by atoms with E-state index in [1.807, 2.05) is 89.8 Å². The number of amides is 3. The number of hydrogen-bond donors (Lipinski definition) is 2. The number of nitro groups is 1. The molecular formula is C55H45N7O10. The number of carbonyl (C=O) groups is 4. The molecule has 2 N–H and O–H groups in total. The van der Waals surface area contributed by atoms with E-state index in [1.165, 1.54) is 30.3 Å². The van der Waals surface area contributed by atoms with Crippen LogP contribution < -0.4 is 15.0 Å². The number of nitro benzene ring substituents is 1. The summed E-state index contributed by atoms with van der Waals surface area (Å²) in [4.78, 5) is 75.6. The van der Waals surface area contributed by atoms with E-state index >= 15 is 14.4 Å². The molecule has 6 aromatic carbocycles. The summed E-state index contributed by atoms with van der Waals surface area (Å²) < 4.78 is 19.8. The minimum absolute atomic E-state index is 0.00684. The van der Waals surface area contributed by atoms with Gasteiger partial charge in [-0.05, 0) is 82.4 Å². The predicted octanol–water partition coefficient (Wildman–Crippen LogP) is 7.07. The number of aliphatic hydroxyl groups excluding tert-OH is 1. The van der Waals surface area contributed by atoms with Crippen LogP contribution in [0, 0.1) is 27.9 Å². The molecule has 3 aliphatic rings. The van der Waals surface area contributed by atoms with E-state index in [0.717, 1.165) is 10.4 Å². The number of rotatable bonds is 13. The molecule has 0 bridgehead atoms. The van der Waals surface area contributed by atoms with Crippen molar-refractivity contribution in [2.45, 2.75) is 42.8 Å². The highest BCUT2D eigenvalue weighted by atomic mass is 16.6. The summed E-state index contributed by atoms with van der Waals surface area (Å²) in [6.45, 7) is 3.31. The van der Waals surface area contributed by atoms with Crippen molar-refractivity contribution in [2.24, 2.45) is 5.92 Å². The number of nitrogens with one attached hydrogen (secondary N) is 1. The van der Waals surface area contributed by atoms with E-state index in [1.54, 1.807) is 47.1 Å². The van der Waals surface area contributed by atoms with Crippen LogP contribution in [0.5, 0.6) is 5.75 Å². The Bertz CT molecular complexity index is 3280. The molecule has 4 heterocycles. The van der Waals surface area contributed by atoms with Crippen LogP contribution >= 0.6 is 0 Å². The third kappa shape index (κ3) is 8.27. The first-order valence-corrected chi connectivity index (χ1v) is 23.1. The Morgan fingerprint density at radius 2 is 1.58 bits per heavy atom. The average molecular weight is 964 g/mol. The van der Waals surface area contributed by atoms with Crippen molar-refractivity contribution in [3.8, 4) is 17.6 Å². The van der Waals surface area contributed by atoms with Crippen LogP contribution in [0.2, 0.25) is 0 Å². The Morgan fingerprint density at radius 3 is 2.29 bits per heavy atom. The zero-order valence-electron chi connectivity index (χ0n) is 38.4. The number of para-hydroxylation sites is 1. The third-order valence-electron chi connectivity index (χ3n) is 13.3. The van der Waals surface area contributed by atoms with Crippen molar-refractivity contribution in [1.82, 2.24) is 25.2 Å². The standard InChI is InChI=1S/C55H45N7O10/c1-2-29-56-51(64)46-48-52(65)72-49(38-15-7-4-8-16-38)47(37-13-5-3-6-14-37)61(48)50(39-22-26-41(27-23-39)70-32-31-63)55(46)42-33-35(12-11-30-59-45-18-10-9-17-43(45)57-58-59)21-28-44(42)60(53(55)66)54(67)71-34-36-19-24-40(25-20-36)62(68)69/h2-10,13-28,33,46-50,63H,1,29-32,34H2,(H,56,64)/t46-,47-,48-,49+,50+,55-/m1/s1. The van der Waals surface area contributed by atoms with Gasteiger partial charge in [-0.2, -0.15) is 0 Å². The van der Waals surface area contributed by atoms with Crippen molar-refractivity contribution >= 4 is 46.3 Å². The van der Waals surface area contributed by atoms with Gasteiger partial charge in [0, 0.05) is 24.2 Å². The second kappa shape index (κ2) is 19.8. The minimum Gasteiger partial charge on any atom is -0.491 e. The fourth-order valence-corrected chi connectivity index (χ4v) is 10.3. The Morgan fingerprint density at radius 1 is 0.875 bits per heavy atom. The normalized spacial score (nSPS) is 21.0. The summed E-state index contributed by atoms with van der Waals surface area (Å²) in [5.41, 5.74) is 2.16. The fraction of sp³-hybridized carbons (Fsp3) is 0.200. The second-order valence-electron chi connectivity index (χ2n) is 17.3. The number of hydrogen-bond acceptors (Lipinski definition) is 13. The highest BCUT2D eigenvalue weighted by Crippen LogP contribution is 2.66. The first kappa shape index (κ1) is 46.7. The van der Waals surface area contributed by atoms with Crippen molar-refractivity contribution in [2.75, 3.05) is 24.7 Å². The first-order valence-electron chi connectivity index (χ1n) is 23.1. The van der Waals surface area contributed by atoms with Gasteiger partial charge in [0.1, 0.15) is 48.6 Å². The maximum absolute atomic E-state index is 16.5. The summed E-state index contributed by atoms with van der Waals surface area (Å²) in [7, 11) is 0. The number of cyclic esters (lactones) is 1. The van der Waals surface area contributed by atoms with Crippen LogP contribution in [0.4, 0.5) is 16.2 Å². The average Bonchev–Trinajstić information content (AvgIpc) is 4.05. The molecule has 0 radical (unpaired) electrons. The van der Waals surface area contributed by atoms with Gasteiger partial charge >= 0.3 is 12.1 Å². The Hall–Kier alpha value is -8.98. The SMILES string of the molecule is C=CCNC(=O)[C@H]1[C@@H]2C(=O)O[C@@H](c3ccccc3)[C@@H](c3ccccc3)N2[C@@H](c2ccc(OCCO)cc2)[C@]12C(=O)N(C(=O)OCc1ccc([N+](=O)[O-])cc1)c1ccc(C#CCn3nnc4ccccc43)cc12. The monoisotopic (exact) mass is 963 g/mol. The van der Waals surface area contributed by atoms with Gasteiger partial charge in [0.15, 0.2) is 0 Å². The molecule has 3 amide bonds. The molecule has 1 aromatic heterocycles. The number of non-ortho nitro benzene ring substituents is 1. The number of ether oxygens (including phenoxy) is 3. The topological polar surface area (TPSA) is 209 Å². The van der Waals surface area contributed by atoms with Crippen LogP contribution in [0.15, 0.2) is 164 Å². The van der Waals surface area contributed by atoms with Gasteiger partial charge in [-0.1, -0.05) is 108 Å². The molecule has 17 nitrogen and oxygen atoms in total. The van der Waals surface area contributed by atoms with Gasteiger partial charge in [0.2, 0.25) is 11.8 Å². The van der Waals surface area contributed by atoms with Crippen LogP contribution in [0.1, 0.15) is 51.6 Å². The molecule has 10 rings (SSSR count). The molecule has 360 valence electrons. The van der Waals surface area contributed by atoms with Gasteiger partial charge < -0.3 is 24.6 Å². The number of benzene rings is 6. The molecule has 72 heavy (non-hydrogen) atoms. The van der Waals surface area contributed by atoms with Gasteiger partial charge in [-0.3, -0.25) is 29.4 Å². The minimum atomic E-state index is -2.11. The zero-order valence-corrected chi connectivity index (χ0v) is 38.4.